The van der Waals surface area contributed by atoms with E-state index in [1.54, 1.807) is 0 Å². The van der Waals surface area contributed by atoms with Crippen molar-refractivity contribution in [3.8, 4) is 0 Å². The molecule has 0 aliphatic heterocycles. The number of nitrogens with one attached hydrogen (secondary N) is 1. The first-order valence-corrected chi connectivity index (χ1v) is 8.27. The minimum atomic E-state index is -4.05. The average Bonchev–Trinajstić information content (AvgIpc) is 2.42. The third-order valence-electron chi connectivity index (χ3n) is 2.59. The number of pyridine rings is 1. The lowest BCUT2D eigenvalue weighted by atomic mass is 10.2. The van der Waals surface area contributed by atoms with Crippen molar-refractivity contribution >= 4 is 37.5 Å². The molecule has 0 radical (unpaired) electrons. The number of nitro groups is 1. The third-order valence-corrected chi connectivity index (χ3v) is 4.22. The number of hydrogen-bond acceptors (Lipinski definition) is 5. The van der Waals surface area contributed by atoms with Gasteiger partial charge in [0, 0.05) is 22.3 Å². The summed E-state index contributed by atoms with van der Waals surface area (Å²) in [6.07, 6.45) is 1.23. The van der Waals surface area contributed by atoms with Crippen molar-refractivity contribution < 1.29 is 17.7 Å². The van der Waals surface area contributed by atoms with E-state index in [1.165, 1.54) is 30.5 Å². The molecule has 22 heavy (non-hydrogen) atoms. The lowest BCUT2D eigenvalue weighted by Crippen LogP contribution is -2.17. The molecule has 7 nitrogen and oxygen atoms in total. The minimum Gasteiger partial charge on any atom is -0.265 e. The highest BCUT2D eigenvalue weighted by Gasteiger charge is 2.21. The molecule has 0 saturated heterocycles. The maximum Gasteiger partial charge on any atom is 0.273 e. The van der Waals surface area contributed by atoms with Crippen LogP contribution in [0.4, 0.5) is 15.9 Å². The van der Waals surface area contributed by atoms with E-state index in [0.717, 1.165) is 6.07 Å². The molecule has 1 N–H and O–H groups in total. The first kappa shape index (κ1) is 16.3. The molecule has 0 atom stereocenters. The maximum atomic E-state index is 13.6. The lowest BCUT2D eigenvalue weighted by molar-refractivity contribution is -0.385. The Balaban J connectivity index is 2.27. The maximum absolute atomic E-state index is 13.6. The van der Waals surface area contributed by atoms with Crippen molar-refractivity contribution in [2.75, 3.05) is 4.72 Å². The van der Waals surface area contributed by atoms with Gasteiger partial charge in [0.25, 0.3) is 5.69 Å². The van der Waals surface area contributed by atoms with Gasteiger partial charge in [-0.2, -0.15) is 0 Å². The predicted octanol–water partition coefficient (Wildman–Crippen LogP) is 2.83. The standard InChI is InChI=1S/C12H9BrFN3O4S/c13-9-5-10(14)12(15-6-9)16-22(20,21)7-8-3-1-2-4-11(8)17(18)19/h1-6H,7H2,(H,15,16). The molecule has 0 aliphatic carbocycles. The minimum absolute atomic E-state index is 0.00230. The summed E-state index contributed by atoms with van der Waals surface area (Å²) in [5, 5.41) is 10.9. The fourth-order valence-corrected chi connectivity index (χ4v) is 3.16. The van der Waals surface area contributed by atoms with Crippen LogP contribution in [-0.2, 0) is 15.8 Å². The van der Waals surface area contributed by atoms with Crippen molar-refractivity contribution in [1.29, 1.82) is 0 Å². The largest absolute Gasteiger partial charge is 0.273 e. The molecule has 1 aromatic heterocycles. The van der Waals surface area contributed by atoms with E-state index < -0.39 is 32.3 Å². The van der Waals surface area contributed by atoms with Crippen LogP contribution in [0.5, 0.6) is 0 Å². The van der Waals surface area contributed by atoms with Crippen molar-refractivity contribution in [1.82, 2.24) is 4.98 Å². The summed E-state index contributed by atoms with van der Waals surface area (Å²) in [6, 6.07) is 6.48. The van der Waals surface area contributed by atoms with Gasteiger partial charge in [-0.25, -0.2) is 17.8 Å². The van der Waals surface area contributed by atoms with Gasteiger partial charge >= 0.3 is 0 Å². The van der Waals surface area contributed by atoms with Crippen LogP contribution in [-0.4, -0.2) is 18.3 Å². The summed E-state index contributed by atoms with van der Waals surface area (Å²) in [5.41, 5.74) is -0.324. The zero-order valence-corrected chi connectivity index (χ0v) is 13.3. The van der Waals surface area contributed by atoms with E-state index in [9.17, 15) is 22.9 Å². The van der Waals surface area contributed by atoms with E-state index >= 15 is 0 Å². The third kappa shape index (κ3) is 3.98. The highest BCUT2D eigenvalue weighted by atomic mass is 79.9. The number of nitro benzene ring substituents is 1. The Morgan fingerprint density at radius 3 is 2.68 bits per heavy atom. The van der Waals surface area contributed by atoms with Crippen LogP contribution < -0.4 is 4.72 Å². The first-order valence-electron chi connectivity index (χ1n) is 5.82. The van der Waals surface area contributed by atoms with Crippen molar-refractivity contribution in [3.05, 3.63) is 62.5 Å². The van der Waals surface area contributed by atoms with Gasteiger partial charge in [0.05, 0.1) is 4.92 Å². The van der Waals surface area contributed by atoms with Crippen LogP contribution >= 0.6 is 15.9 Å². The summed E-state index contributed by atoms with van der Waals surface area (Å²) in [7, 11) is -4.05. The van der Waals surface area contributed by atoms with E-state index in [2.05, 4.69) is 20.9 Å². The van der Waals surface area contributed by atoms with Gasteiger partial charge < -0.3 is 0 Å². The Hall–Kier alpha value is -2.07. The molecular weight excluding hydrogens is 381 g/mol. The van der Waals surface area contributed by atoms with Crippen LogP contribution in [0, 0.1) is 15.9 Å². The van der Waals surface area contributed by atoms with Gasteiger partial charge in [0.2, 0.25) is 10.0 Å². The number of benzene rings is 1. The van der Waals surface area contributed by atoms with E-state index in [-0.39, 0.29) is 11.3 Å². The zero-order valence-electron chi connectivity index (χ0n) is 10.9. The Labute approximate surface area is 133 Å². The van der Waals surface area contributed by atoms with Crippen molar-refractivity contribution in [3.63, 3.8) is 0 Å². The number of halogens is 2. The molecule has 116 valence electrons. The predicted molar refractivity (Wildman–Crippen MR) is 81.2 cm³/mol. The summed E-state index contributed by atoms with van der Waals surface area (Å²) < 4.78 is 40.0. The molecule has 0 aliphatic rings. The summed E-state index contributed by atoms with van der Waals surface area (Å²) in [6.45, 7) is 0. The Morgan fingerprint density at radius 1 is 1.36 bits per heavy atom. The molecule has 0 fully saturated rings. The number of rotatable bonds is 5. The van der Waals surface area contributed by atoms with Crippen LogP contribution in [0.15, 0.2) is 41.0 Å². The van der Waals surface area contributed by atoms with E-state index in [0.29, 0.717) is 4.47 Å². The van der Waals surface area contributed by atoms with Crippen molar-refractivity contribution in [2.45, 2.75) is 5.75 Å². The van der Waals surface area contributed by atoms with Crippen LogP contribution in [0.25, 0.3) is 0 Å². The van der Waals surface area contributed by atoms with Gasteiger partial charge in [-0.1, -0.05) is 18.2 Å². The first-order chi connectivity index (χ1) is 10.3. The van der Waals surface area contributed by atoms with E-state index in [4.69, 9.17) is 0 Å². The van der Waals surface area contributed by atoms with Crippen LogP contribution in [0.1, 0.15) is 5.56 Å². The topological polar surface area (TPSA) is 102 Å². The molecule has 1 heterocycles. The lowest BCUT2D eigenvalue weighted by Gasteiger charge is -2.08. The fraction of sp³-hybridized carbons (Fsp3) is 0.0833. The smallest absolute Gasteiger partial charge is 0.265 e. The van der Waals surface area contributed by atoms with Crippen LogP contribution in [0.3, 0.4) is 0 Å². The zero-order chi connectivity index (χ0) is 16.3. The summed E-state index contributed by atoms with van der Waals surface area (Å²) in [5.74, 6) is -2.00. The molecule has 10 heteroatoms. The molecule has 1 aromatic carbocycles. The molecule has 0 bridgehead atoms. The normalized spacial score (nSPS) is 11.2. The van der Waals surface area contributed by atoms with Gasteiger partial charge in [0.15, 0.2) is 11.6 Å². The second-order valence-electron chi connectivity index (χ2n) is 4.23. The van der Waals surface area contributed by atoms with Gasteiger partial charge in [0.1, 0.15) is 5.75 Å². The van der Waals surface area contributed by atoms with Gasteiger partial charge in [-0.15, -0.1) is 0 Å². The average molecular weight is 390 g/mol. The Morgan fingerprint density at radius 2 is 2.05 bits per heavy atom. The molecule has 0 saturated carbocycles. The van der Waals surface area contributed by atoms with Crippen LogP contribution in [0.2, 0.25) is 0 Å². The number of anilines is 1. The number of aromatic nitrogens is 1. The van der Waals surface area contributed by atoms with Crippen molar-refractivity contribution in [2.24, 2.45) is 0 Å². The van der Waals surface area contributed by atoms with E-state index in [1.807, 2.05) is 4.72 Å². The molecule has 2 aromatic rings. The fourth-order valence-electron chi connectivity index (χ4n) is 1.69. The van der Waals surface area contributed by atoms with Gasteiger partial charge in [-0.05, 0) is 22.0 Å². The van der Waals surface area contributed by atoms with Gasteiger partial charge in [-0.3, -0.25) is 14.8 Å². The second kappa shape index (κ2) is 6.36. The monoisotopic (exact) mass is 389 g/mol. The summed E-state index contributed by atoms with van der Waals surface area (Å²) in [4.78, 5) is 13.8. The quantitative estimate of drug-likeness (QED) is 0.625. The molecule has 0 amide bonds. The SMILES string of the molecule is O=[N+]([O-])c1ccccc1CS(=O)(=O)Nc1ncc(Br)cc1F. The highest BCUT2D eigenvalue weighted by Crippen LogP contribution is 2.22. The number of nitrogens with zero attached hydrogens (tertiary/aromatic N) is 2. The molecular formula is C12H9BrFN3O4S. The second-order valence-corrected chi connectivity index (χ2v) is 6.87. The number of hydrogen-bond donors (Lipinski definition) is 1. The number of sulfonamides is 1. The summed E-state index contributed by atoms with van der Waals surface area (Å²) >= 11 is 3.00. The highest BCUT2D eigenvalue weighted by molar-refractivity contribution is 9.10. The molecule has 0 unspecified atom stereocenters. The number of para-hydroxylation sites is 1. The molecule has 2 rings (SSSR count). The Bertz CT molecular complexity index is 829. The molecule has 0 spiro atoms. The Kier molecular flexibility index (Phi) is 4.71.